The van der Waals surface area contributed by atoms with E-state index in [4.69, 9.17) is 0 Å². The molecule has 0 saturated heterocycles. The topological polar surface area (TPSA) is 114 Å². The Labute approximate surface area is 124 Å². The third-order valence-electron chi connectivity index (χ3n) is 1.62. The Bertz CT molecular complexity index is 709. The van der Waals surface area contributed by atoms with Gasteiger partial charge < -0.3 is 5.32 Å². The van der Waals surface area contributed by atoms with E-state index in [2.05, 4.69) is 41.2 Å². The average Bonchev–Trinajstić information content (AvgIpc) is 2.87. The van der Waals surface area contributed by atoms with Crippen LogP contribution >= 0.6 is 38.6 Å². The van der Waals surface area contributed by atoms with Crippen molar-refractivity contribution in [2.75, 3.05) is 10.0 Å². The zero-order valence-electron chi connectivity index (χ0n) is 9.25. The van der Waals surface area contributed by atoms with Gasteiger partial charge in [-0.05, 0) is 15.9 Å². The molecule has 0 bridgehead atoms. The Morgan fingerprint density at radius 3 is 2.63 bits per heavy atom. The molecule has 0 fully saturated rings. The predicted octanol–water partition coefficient (Wildman–Crippen LogP) is 1.52. The number of hydrogen-bond donors (Lipinski definition) is 2. The average molecular weight is 384 g/mol. The Hall–Kier alpha value is -1.11. The summed E-state index contributed by atoms with van der Waals surface area (Å²) in [4.78, 5) is 14.7. The molecule has 0 radical (unpaired) electrons. The monoisotopic (exact) mass is 383 g/mol. The summed E-state index contributed by atoms with van der Waals surface area (Å²) < 4.78 is 26.6. The highest BCUT2D eigenvalue weighted by molar-refractivity contribution is 9.11. The smallest absolute Gasteiger partial charge is 0.293 e. The first-order valence-electron chi connectivity index (χ1n) is 4.62. The minimum atomic E-state index is -3.84. The zero-order valence-corrected chi connectivity index (χ0v) is 13.3. The number of amides is 1. The van der Waals surface area contributed by atoms with E-state index in [0.29, 0.717) is 3.79 Å². The standard InChI is InChI=1S/C7H6BrN5O3S3/c1-3(14)10-6-11-12-7(18-6)19(15,16)13-5-9-2-4(8)17-5/h2H,1H3,(H,9,13)(H,10,11,14). The molecule has 2 N–H and O–H groups in total. The van der Waals surface area contributed by atoms with Gasteiger partial charge in [-0.1, -0.05) is 22.7 Å². The highest BCUT2D eigenvalue weighted by Crippen LogP contribution is 2.27. The van der Waals surface area contributed by atoms with Gasteiger partial charge in [0.25, 0.3) is 14.4 Å². The predicted molar refractivity (Wildman–Crippen MR) is 74.8 cm³/mol. The third-order valence-corrected chi connectivity index (χ3v) is 5.68. The van der Waals surface area contributed by atoms with Gasteiger partial charge in [-0.2, -0.15) is 8.42 Å². The van der Waals surface area contributed by atoms with E-state index in [1.54, 1.807) is 0 Å². The van der Waals surface area contributed by atoms with Gasteiger partial charge in [0, 0.05) is 6.92 Å². The second-order valence-electron chi connectivity index (χ2n) is 3.13. The van der Waals surface area contributed by atoms with Crippen molar-refractivity contribution in [3.8, 4) is 0 Å². The van der Waals surface area contributed by atoms with E-state index >= 15 is 0 Å². The molecule has 0 aliphatic heterocycles. The van der Waals surface area contributed by atoms with Crippen LogP contribution in [0.1, 0.15) is 6.92 Å². The van der Waals surface area contributed by atoms with Crippen molar-refractivity contribution in [3.05, 3.63) is 9.98 Å². The third kappa shape index (κ3) is 3.68. The van der Waals surface area contributed by atoms with Crippen LogP contribution in [-0.4, -0.2) is 29.5 Å². The molecule has 2 rings (SSSR count). The number of halogens is 1. The molecular formula is C7H6BrN5O3S3. The number of sulfonamides is 1. The summed E-state index contributed by atoms with van der Waals surface area (Å²) in [5.74, 6) is -0.350. The number of anilines is 2. The fourth-order valence-electron chi connectivity index (χ4n) is 0.980. The fraction of sp³-hybridized carbons (Fsp3) is 0.143. The molecule has 2 aromatic rings. The molecule has 0 saturated carbocycles. The van der Waals surface area contributed by atoms with Crippen molar-refractivity contribution in [2.24, 2.45) is 0 Å². The van der Waals surface area contributed by atoms with Crippen molar-refractivity contribution in [1.82, 2.24) is 15.2 Å². The molecule has 2 aromatic heterocycles. The Morgan fingerprint density at radius 1 is 1.32 bits per heavy atom. The van der Waals surface area contributed by atoms with Crippen molar-refractivity contribution in [3.63, 3.8) is 0 Å². The van der Waals surface area contributed by atoms with E-state index in [9.17, 15) is 13.2 Å². The van der Waals surface area contributed by atoms with Gasteiger partial charge in [-0.15, -0.1) is 10.2 Å². The molecule has 12 heteroatoms. The van der Waals surface area contributed by atoms with Crippen molar-refractivity contribution in [2.45, 2.75) is 11.3 Å². The van der Waals surface area contributed by atoms with Gasteiger partial charge in [0.2, 0.25) is 11.0 Å². The van der Waals surface area contributed by atoms with Crippen LogP contribution in [-0.2, 0) is 14.8 Å². The van der Waals surface area contributed by atoms with Crippen LogP contribution in [0.15, 0.2) is 14.3 Å². The number of carbonyl (C=O) groups excluding carboxylic acids is 1. The number of nitrogens with one attached hydrogen (secondary N) is 2. The van der Waals surface area contributed by atoms with Gasteiger partial charge in [-0.25, -0.2) is 4.98 Å². The van der Waals surface area contributed by atoms with E-state index in [1.807, 2.05) is 0 Å². The molecule has 0 aliphatic rings. The maximum atomic E-state index is 11.9. The minimum absolute atomic E-state index is 0.119. The largest absolute Gasteiger partial charge is 0.301 e. The first-order chi connectivity index (χ1) is 8.87. The second-order valence-corrected chi connectivity index (χ2v) is 8.37. The Morgan fingerprint density at radius 2 is 2.05 bits per heavy atom. The van der Waals surface area contributed by atoms with Gasteiger partial charge in [0.05, 0.1) is 9.98 Å². The zero-order chi connectivity index (χ0) is 14.0. The molecule has 0 atom stereocenters. The summed E-state index contributed by atoms with van der Waals surface area (Å²) in [7, 11) is -3.84. The van der Waals surface area contributed by atoms with Crippen LogP contribution in [0.25, 0.3) is 0 Å². The molecule has 102 valence electrons. The molecular weight excluding hydrogens is 378 g/mol. The molecule has 0 aliphatic carbocycles. The molecule has 2 heterocycles. The maximum Gasteiger partial charge on any atom is 0.293 e. The molecule has 8 nitrogen and oxygen atoms in total. The summed E-state index contributed by atoms with van der Waals surface area (Å²) in [6, 6.07) is 0. The molecule has 19 heavy (non-hydrogen) atoms. The summed E-state index contributed by atoms with van der Waals surface area (Å²) >= 11 is 5.06. The maximum absolute atomic E-state index is 11.9. The molecule has 0 aromatic carbocycles. The molecule has 1 amide bonds. The molecule has 0 spiro atoms. The van der Waals surface area contributed by atoms with Gasteiger partial charge in [0.1, 0.15) is 0 Å². The first kappa shape index (κ1) is 14.3. The molecule has 0 unspecified atom stereocenters. The van der Waals surface area contributed by atoms with Crippen LogP contribution in [0.3, 0.4) is 0 Å². The van der Waals surface area contributed by atoms with Gasteiger partial charge >= 0.3 is 0 Å². The number of rotatable bonds is 4. The second kappa shape index (κ2) is 5.48. The summed E-state index contributed by atoms with van der Waals surface area (Å²) in [6.45, 7) is 1.29. The highest BCUT2D eigenvalue weighted by atomic mass is 79.9. The lowest BCUT2D eigenvalue weighted by Gasteiger charge is -1.99. The number of thiazole rings is 1. The minimum Gasteiger partial charge on any atom is -0.301 e. The SMILES string of the molecule is CC(=O)Nc1nnc(S(=O)(=O)Nc2ncc(Br)s2)s1. The van der Waals surface area contributed by atoms with Crippen LogP contribution in [0.5, 0.6) is 0 Å². The van der Waals surface area contributed by atoms with Crippen molar-refractivity contribution < 1.29 is 13.2 Å². The number of hydrogen-bond acceptors (Lipinski definition) is 8. The van der Waals surface area contributed by atoms with E-state index < -0.39 is 10.0 Å². The quantitative estimate of drug-likeness (QED) is 0.773. The van der Waals surface area contributed by atoms with E-state index in [-0.39, 0.29) is 20.5 Å². The fourth-order valence-corrected chi connectivity index (χ4v) is 4.28. The van der Waals surface area contributed by atoms with Crippen LogP contribution in [0.4, 0.5) is 10.3 Å². The van der Waals surface area contributed by atoms with Crippen molar-refractivity contribution >= 4 is 64.8 Å². The summed E-state index contributed by atoms with van der Waals surface area (Å²) in [5.41, 5.74) is 0. The van der Waals surface area contributed by atoms with Crippen LogP contribution in [0.2, 0.25) is 0 Å². The lowest BCUT2D eigenvalue weighted by molar-refractivity contribution is -0.114. The number of carbonyl (C=O) groups is 1. The van der Waals surface area contributed by atoms with Crippen LogP contribution in [0, 0.1) is 0 Å². The highest BCUT2D eigenvalue weighted by Gasteiger charge is 2.22. The van der Waals surface area contributed by atoms with E-state index in [1.165, 1.54) is 13.1 Å². The van der Waals surface area contributed by atoms with Gasteiger partial charge in [-0.3, -0.25) is 9.52 Å². The number of aromatic nitrogens is 3. The lowest BCUT2D eigenvalue weighted by atomic mass is 10.7. The normalized spacial score (nSPS) is 11.3. The van der Waals surface area contributed by atoms with Crippen molar-refractivity contribution in [1.29, 1.82) is 0 Å². The Kier molecular flexibility index (Phi) is 4.13. The Balaban J connectivity index is 2.19. The first-order valence-corrected chi connectivity index (χ1v) is 8.53. The van der Waals surface area contributed by atoms with Crippen LogP contribution < -0.4 is 10.0 Å². The number of nitrogens with zero attached hydrogens (tertiary/aromatic N) is 3. The van der Waals surface area contributed by atoms with E-state index in [0.717, 1.165) is 22.7 Å². The van der Waals surface area contributed by atoms with Gasteiger partial charge in [0.15, 0.2) is 5.13 Å². The summed E-state index contributed by atoms with van der Waals surface area (Å²) in [6.07, 6.45) is 1.48. The summed E-state index contributed by atoms with van der Waals surface area (Å²) in [5, 5.41) is 9.76. The lowest BCUT2D eigenvalue weighted by Crippen LogP contribution is -2.12.